The normalized spacial score (nSPS) is 9.91. The van der Waals surface area contributed by atoms with Gasteiger partial charge in [-0.2, -0.15) is 5.26 Å². The maximum Gasteiger partial charge on any atom is 0.338 e. The molecule has 0 aliphatic heterocycles. The Bertz CT molecular complexity index is 1190. The number of carbonyl (C=O) groups excluding carboxylic acids is 2. The molecule has 2 N–H and O–H groups in total. The molecule has 0 atom stereocenters. The largest absolute Gasteiger partial charge is 0.507 e. The highest BCUT2D eigenvalue weighted by atomic mass is 35.5. The topological polar surface area (TPSA) is 104 Å². The van der Waals surface area contributed by atoms with Crippen LogP contribution in [0.2, 0.25) is 5.02 Å². The number of carbonyl (C=O) groups is 2. The summed E-state index contributed by atoms with van der Waals surface area (Å²) in [5, 5.41) is 22.7. The van der Waals surface area contributed by atoms with Gasteiger partial charge in [-0.05, 0) is 49.4 Å². The van der Waals surface area contributed by atoms with Gasteiger partial charge >= 0.3 is 5.97 Å². The molecule has 0 saturated heterocycles. The van der Waals surface area contributed by atoms with Crippen LogP contribution in [0.4, 0.5) is 5.69 Å². The van der Waals surface area contributed by atoms with Gasteiger partial charge in [-0.1, -0.05) is 25.4 Å². The fourth-order valence-corrected chi connectivity index (χ4v) is 3.21. The molecular weight excluding hydrogens is 430 g/mol. The van der Waals surface area contributed by atoms with Crippen molar-refractivity contribution >= 4 is 29.2 Å². The van der Waals surface area contributed by atoms with Gasteiger partial charge in [0.2, 0.25) is 0 Å². The molecule has 3 aromatic rings. The summed E-state index contributed by atoms with van der Waals surface area (Å²) in [4.78, 5) is 25.1. The lowest BCUT2D eigenvalue weighted by molar-refractivity contribution is 0.0601. The summed E-state index contributed by atoms with van der Waals surface area (Å²) < 4.78 is 6.55. The Morgan fingerprint density at radius 2 is 1.75 bits per heavy atom. The van der Waals surface area contributed by atoms with Crippen LogP contribution in [-0.2, 0) is 11.8 Å². The number of aromatic nitrogens is 1. The van der Waals surface area contributed by atoms with E-state index in [0.717, 1.165) is 0 Å². The molecule has 1 aromatic heterocycles. The number of phenols is 1. The summed E-state index contributed by atoms with van der Waals surface area (Å²) in [6.07, 6.45) is 0. The average molecular weight is 454 g/mol. The van der Waals surface area contributed by atoms with E-state index in [-0.39, 0.29) is 22.8 Å². The zero-order valence-corrected chi connectivity index (χ0v) is 19.2. The summed E-state index contributed by atoms with van der Waals surface area (Å²) in [5.74, 6) is -1.27. The number of phenolic OH excluding ortho intramolecular Hbond substituents is 1. The number of nitrogens with zero attached hydrogens (tertiary/aromatic N) is 2. The molecule has 1 heterocycles. The van der Waals surface area contributed by atoms with Crippen LogP contribution < -0.4 is 5.32 Å². The van der Waals surface area contributed by atoms with Crippen LogP contribution in [0.3, 0.4) is 0 Å². The first-order chi connectivity index (χ1) is 15.3. The molecule has 166 valence electrons. The number of hydrogen-bond donors (Lipinski definition) is 2. The van der Waals surface area contributed by atoms with Crippen LogP contribution in [0.5, 0.6) is 5.75 Å². The first-order valence-corrected chi connectivity index (χ1v) is 10.2. The van der Waals surface area contributed by atoms with Gasteiger partial charge in [0.15, 0.2) is 0 Å². The monoisotopic (exact) mass is 453 g/mol. The quantitative estimate of drug-likeness (QED) is 0.522. The second kappa shape index (κ2) is 10.5. The third-order valence-electron chi connectivity index (χ3n) is 4.82. The van der Waals surface area contributed by atoms with Gasteiger partial charge in [0.05, 0.1) is 23.8 Å². The Labute approximate surface area is 191 Å². The van der Waals surface area contributed by atoms with Crippen LogP contribution in [0.1, 0.15) is 45.8 Å². The maximum absolute atomic E-state index is 12.8. The van der Waals surface area contributed by atoms with Gasteiger partial charge in [-0.15, -0.1) is 0 Å². The van der Waals surface area contributed by atoms with E-state index in [1.54, 1.807) is 48.9 Å². The number of esters is 1. The van der Waals surface area contributed by atoms with Crippen LogP contribution >= 0.6 is 11.6 Å². The number of methoxy groups -OCH3 is 1. The summed E-state index contributed by atoms with van der Waals surface area (Å²) in [7, 11) is 2.96. The van der Waals surface area contributed by atoms with E-state index < -0.39 is 5.97 Å². The van der Waals surface area contributed by atoms with Crippen molar-refractivity contribution in [3.05, 3.63) is 69.9 Å². The zero-order chi connectivity index (χ0) is 24.0. The van der Waals surface area contributed by atoms with Crippen molar-refractivity contribution in [1.29, 1.82) is 5.26 Å². The molecule has 0 fully saturated rings. The lowest BCUT2D eigenvalue weighted by Crippen LogP contribution is -2.12. The molecule has 0 spiro atoms. The van der Waals surface area contributed by atoms with Crippen molar-refractivity contribution in [3.63, 3.8) is 0 Å². The highest BCUT2D eigenvalue weighted by Crippen LogP contribution is 2.33. The van der Waals surface area contributed by atoms with Crippen molar-refractivity contribution in [2.24, 2.45) is 7.05 Å². The molecule has 8 heteroatoms. The van der Waals surface area contributed by atoms with Crippen LogP contribution in [-0.4, -0.2) is 28.7 Å². The van der Waals surface area contributed by atoms with E-state index in [1.807, 2.05) is 19.9 Å². The third kappa shape index (κ3) is 4.93. The molecule has 1 amide bonds. The molecule has 0 bridgehead atoms. The van der Waals surface area contributed by atoms with Crippen LogP contribution in [0.15, 0.2) is 42.5 Å². The lowest BCUT2D eigenvalue weighted by atomic mass is 10.00. The summed E-state index contributed by atoms with van der Waals surface area (Å²) >= 11 is 5.87. The van der Waals surface area contributed by atoms with Crippen LogP contribution in [0.25, 0.3) is 11.3 Å². The first-order valence-electron chi connectivity index (χ1n) is 9.85. The molecule has 0 aliphatic carbocycles. The minimum atomic E-state index is -0.660. The molecular formula is C24H24ClN3O4. The second-order valence-electron chi connectivity index (χ2n) is 6.57. The first kappa shape index (κ1) is 24.5. The number of hydrogen-bond acceptors (Lipinski definition) is 5. The van der Waals surface area contributed by atoms with Crippen molar-refractivity contribution in [3.8, 4) is 23.1 Å². The van der Waals surface area contributed by atoms with Gasteiger partial charge in [-0.3, -0.25) is 4.79 Å². The number of halogens is 1. The molecule has 0 radical (unpaired) electrons. The summed E-state index contributed by atoms with van der Waals surface area (Å²) in [5.41, 5.74) is 2.53. The number of benzene rings is 2. The Morgan fingerprint density at radius 3 is 2.31 bits per heavy atom. The van der Waals surface area contributed by atoms with E-state index in [2.05, 4.69) is 5.32 Å². The Balaban J connectivity index is 0.00000176. The van der Waals surface area contributed by atoms with Crippen LogP contribution in [0, 0.1) is 18.3 Å². The number of aromatic hydroxyl groups is 1. The maximum atomic E-state index is 12.8. The molecule has 0 unspecified atom stereocenters. The van der Waals surface area contributed by atoms with Gasteiger partial charge in [0.1, 0.15) is 11.8 Å². The molecule has 0 saturated carbocycles. The smallest absolute Gasteiger partial charge is 0.338 e. The molecule has 0 aliphatic rings. The predicted molar refractivity (Wildman–Crippen MR) is 124 cm³/mol. The van der Waals surface area contributed by atoms with Gasteiger partial charge in [0.25, 0.3) is 5.91 Å². The molecule has 32 heavy (non-hydrogen) atoms. The lowest BCUT2D eigenvalue weighted by Gasteiger charge is -2.11. The van der Waals surface area contributed by atoms with Gasteiger partial charge < -0.3 is 19.7 Å². The van der Waals surface area contributed by atoms with E-state index in [9.17, 15) is 14.7 Å². The fraction of sp³-hybridized carbons (Fsp3) is 0.208. The third-order valence-corrected chi connectivity index (χ3v) is 5.07. The highest BCUT2D eigenvalue weighted by molar-refractivity contribution is 6.30. The van der Waals surface area contributed by atoms with Gasteiger partial charge in [0, 0.05) is 34.7 Å². The predicted octanol–water partition coefficient (Wildman–Crippen LogP) is 5.30. The SMILES string of the molecule is CC.COC(=O)c1cc(C#N)c(O)cc1-c1cc(C(=O)Nc2ccc(Cl)cc2)c(C)n1C. The number of amides is 1. The van der Waals surface area contributed by atoms with Crippen molar-refractivity contribution in [2.45, 2.75) is 20.8 Å². The number of nitriles is 1. The van der Waals surface area contributed by atoms with Gasteiger partial charge in [-0.25, -0.2) is 4.79 Å². The van der Waals surface area contributed by atoms with E-state index in [4.69, 9.17) is 21.6 Å². The number of anilines is 1. The summed E-state index contributed by atoms with van der Waals surface area (Å²) in [6.45, 7) is 5.77. The van der Waals surface area contributed by atoms with Crippen molar-refractivity contribution in [1.82, 2.24) is 4.57 Å². The molecule has 2 aromatic carbocycles. The molecule has 3 rings (SSSR count). The molecule has 7 nitrogen and oxygen atoms in total. The average Bonchev–Trinajstić information content (AvgIpc) is 3.10. The van der Waals surface area contributed by atoms with Crippen molar-refractivity contribution in [2.75, 3.05) is 12.4 Å². The van der Waals surface area contributed by atoms with E-state index >= 15 is 0 Å². The number of ether oxygens (including phenoxy) is 1. The minimum Gasteiger partial charge on any atom is -0.507 e. The Kier molecular flexibility index (Phi) is 8.05. The fourth-order valence-electron chi connectivity index (χ4n) is 3.09. The standard InChI is InChI=1S/C22H18ClN3O4.C2H6/c1-12-16(21(28)25-15-6-4-14(23)5-7-15)9-19(26(12)2)17-10-20(27)13(11-24)8-18(17)22(29)30-3;1-2/h4-10,27H,1-3H3,(H,25,28);1-2H3. The highest BCUT2D eigenvalue weighted by Gasteiger charge is 2.23. The number of rotatable bonds is 4. The van der Waals surface area contributed by atoms with Crippen molar-refractivity contribution < 1.29 is 19.4 Å². The zero-order valence-electron chi connectivity index (χ0n) is 18.5. The summed E-state index contributed by atoms with van der Waals surface area (Å²) in [6, 6.07) is 12.8. The Morgan fingerprint density at radius 1 is 1.12 bits per heavy atom. The van der Waals surface area contributed by atoms with E-state index in [1.165, 1.54) is 19.2 Å². The van der Waals surface area contributed by atoms with E-state index in [0.29, 0.717) is 33.2 Å². The minimum absolute atomic E-state index is 0.0502. The number of nitrogens with one attached hydrogen (secondary N) is 1. The Hall–Kier alpha value is -3.76. The second-order valence-corrected chi connectivity index (χ2v) is 7.00.